The Hall–Kier alpha value is -1.22. The SMILES string of the molecule is COCCN(C)c1ccc(S(=O)(=O)NCCO)nc1. The van der Waals surface area contributed by atoms with Crippen molar-refractivity contribution in [3.8, 4) is 0 Å². The third-order valence-corrected chi connectivity index (χ3v) is 3.85. The lowest BCUT2D eigenvalue weighted by atomic mass is 10.4. The average molecular weight is 289 g/mol. The monoisotopic (exact) mass is 289 g/mol. The van der Waals surface area contributed by atoms with Gasteiger partial charge in [-0.05, 0) is 12.1 Å². The number of pyridine rings is 1. The van der Waals surface area contributed by atoms with Crippen LogP contribution in [0.2, 0.25) is 0 Å². The van der Waals surface area contributed by atoms with E-state index in [1.807, 2.05) is 11.9 Å². The highest BCUT2D eigenvalue weighted by atomic mass is 32.2. The predicted molar refractivity (Wildman–Crippen MR) is 71.7 cm³/mol. The number of likely N-dealkylation sites (N-methyl/N-ethyl adjacent to an activating group) is 1. The van der Waals surface area contributed by atoms with Crippen molar-refractivity contribution in [1.29, 1.82) is 0 Å². The summed E-state index contributed by atoms with van der Waals surface area (Å²) in [7, 11) is -0.157. The number of aliphatic hydroxyl groups excluding tert-OH is 1. The number of rotatable bonds is 8. The van der Waals surface area contributed by atoms with Crippen LogP contribution >= 0.6 is 0 Å². The average Bonchev–Trinajstić information content (AvgIpc) is 2.42. The highest BCUT2D eigenvalue weighted by Crippen LogP contribution is 2.13. The molecule has 0 bridgehead atoms. The van der Waals surface area contributed by atoms with Crippen molar-refractivity contribution in [1.82, 2.24) is 9.71 Å². The Balaban J connectivity index is 2.75. The van der Waals surface area contributed by atoms with Crippen molar-refractivity contribution in [2.75, 3.05) is 45.4 Å². The van der Waals surface area contributed by atoms with Crippen LogP contribution in [-0.2, 0) is 14.8 Å². The summed E-state index contributed by atoms with van der Waals surface area (Å²) in [6, 6.07) is 3.11. The van der Waals surface area contributed by atoms with E-state index in [0.717, 1.165) is 5.69 Å². The van der Waals surface area contributed by atoms with E-state index in [1.165, 1.54) is 12.3 Å². The fourth-order valence-electron chi connectivity index (χ4n) is 1.37. The van der Waals surface area contributed by atoms with Gasteiger partial charge in [0.25, 0.3) is 10.0 Å². The van der Waals surface area contributed by atoms with Crippen LogP contribution in [0.25, 0.3) is 0 Å². The second-order valence-electron chi connectivity index (χ2n) is 3.89. The molecule has 0 amide bonds. The Morgan fingerprint density at radius 2 is 2.21 bits per heavy atom. The van der Waals surface area contributed by atoms with Gasteiger partial charge in [0.1, 0.15) is 0 Å². The molecule has 0 saturated heterocycles. The second kappa shape index (κ2) is 7.39. The summed E-state index contributed by atoms with van der Waals surface area (Å²) in [6.07, 6.45) is 1.49. The van der Waals surface area contributed by atoms with Crippen LogP contribution in [0.15, 0.2) is 23.4 Å². The molecule has 8 heteroatoms. The molecule has 0 atom stereocenters. The first-order valence-corrected chi connectivity index (χ1v) is 7.26. The van der Waals surface area contributed by atoms with Gasteiger partial charge in [-0.15, -0.1) is 0 Å². The number of aliphatic hydroxyl groups is 1. The molecule has 1 heterocycles. The van der Waals surface area contributed by atoms with Gasteiger partial charge in [0.05, 0.1) is 25.1 Å². The van der Waals surface area contributed by atoms with Gasteiger partial charge >= 0.3 is 0 Å². The van der Waals surface area contributed by atoms with Crippen LogP contribution in [-0.4, -0.2) is 59.0 Å². The number of hydrogen-bond acceptors (Lipinski definition) is 6. The smallest absolute Gasteiger partial charge is 0.258 e. The molecule has 7 nitrogen and oxygen atoms in total. The van der Waals surface area contributed by atoms with E-state index in [4.69, 9.17) is 9.84 Å². The molecule has 2 N–H and O–H groups in total. The molecule has 1 rings (SSSR count). The molecule has 0 saturated carbocycles. The zero-order valence-corrected chi connectivity index (χ0v) is 11.9. The van der Waals surface area contributed by atoms with E-state index >= 15 is 0 Å². The molecule has 19 heavy (non-hydrogen) atoms. The Morgan fingerprint density at radius 1 is 1.47 bits per heavy atom. The number of nitrogens with zero attached hydrogens (tertiary/aromatic N) is 2. The van der Waals surface area contributed by atoms with Crippen molar-refractivity contribution >= 4 is 15.7 Å². The van der Waals surface area contributed by atoms with Crippen molar-refractivity contribution in [2.45, 2.75) is 5.03 Å². The Kier molecular flexibility index (Phi) is 6.16. The first-order valence-electron chi connectivity index (χ1n) is 5.78. The van der Waals surface area contributed by atoms with Gasteiger partial charge in [0, 0.05) is 27.2 Å². The van der Waals surface area contributed by atoms with Gasteiger partial charge < -0.3 is 14.7 Å². The third kappa shape index (κ3) is 4.75. The van der Waals surface area contributed by atoms with Crippen LogP contribution in [0.4, 0.5) is 5.69 Å². The van der Waals surface area contributed by atoms with Gasteiger partial charge in [-0.1, -0.05) is 0 Å². The molecule has 0 fully saturated rings. The Labute approximate surface area is 113 Å². The van der Waals surface area contributed by atoms with Crippen molar-refractivity contribution < 1.29 is 18.3 Å². The molecule has 0 unspecified atom stereocenters. The zero-order valence-electron chi connectivity index (χ0n) is 11.0. The van der Waals surface area contributed by atoms with Gasteiger partial charge in [0.2, 0.25) is 0 Å². The topological polar surface area (TPSA) is 91.8 Å². The van der Waals surface area contributed by atoms with Gasteiger partial charge in [-0.25, -0.2) is 18.1 Å². The summed E-state index contributed by atoms with van der Waals surface area (Å²) in [5.41, 5.74) is 0.804. The zero-order chi connectivity index (χ0) is 14.3. The molecule has 1 aromatic rings. The van der Waals surface area contributed by atoms with Crippen molar-refractivity contribution in [3.05, 3.63) is 18.3 Å². The maximum atomic E-state index is 11.7. The van der Waals surface area contributed by atoms with Crippen LogP contribution in [0, 0.1) is 0 Å². The summed E-state index contributed by atoms with van der Waals surface area (Å²) in [4.78, 5) is 5.83. The third-order valence-electron chi connectivity index (χ3n) is 2.47. The van der Waals surface area contributed by atoms with Gasteiger partial charge in [-0.2, -0.15) is 0 Å². The molecule has 0 aliphatic carbocycles. The van der Waals surface area contributed by atoms with Crippen molar-refractivity contribution in [2.24, 2.45) is 0 Å². The maximum Gasteiger partial charge on any atom is 0.258 e. The highest BCUT2D eigenvalue weighted by molar-refractivity contribution is 7.89. The minimum absolute atomic E-state index is 0.0283. The van der Waals surface area contributed by atoms with E-state index in [0.29, 0.717) is 13.2 Å². The fraction of sp³-hybridized carbons (Fsp3) is 0.545. The van der Waals surface area contributed by atoms with Crippen LogP contribution in [0.3, 0.4) is 0 Å². The Bertz CT molecular complexity index is 475. The first kappa shape index (κ1) is 15.8. The largest absolute Gasteiger partial charge is 0.395 e. The van der Waals surface area contributed by atoms with E-state index in [1.54, 1.807) is 13.2 Å². The van der Waals surface area contributed by atoms with Gasteiger partial charge in [-0.3, -0.25) is 0 Å². The molecule has 0 spiro atoms. The quantitative estimate of drug-likeness (QED) is 0.666. The number of hydrogen-bond donors (Lipinski definition) is 2. The van der Waals surface area contributed by atoms with E-state index in [2.05, 4.69) is 9.71 Å². The molecular weight excluding hydrogens is 270 g/mol. The first-order chi connectivity index (χ1) is 9.01. The maximum absolute atomic E-state index is 11.7. The summed E-state index contributed by atoms with van der Waals surface area (Å²) in [6.45, 7) is 0.984. The lowest BCUT2D eigenvalue weighted by Crippen LogP contribution is -2.27. The molecular formula is C11H19N3O4S. The van der Waals surface area contributed by atoms with E-state index in [-0.39, 0.29) is 18.2 Å². The Morgan fingerprint density at radius 3 is 2.74 bits per heavy atom. The number of methoxy groups -OCH3 is 1. The number of ether oxygens (including phenoxy) is 1. The summed E-state index contributed by atoms with van der Waals surface area (Å²) >= 11 is 0. The number of sulfonamides is 1. The molecule has 108 valence electrons. The molecule has 0 radical (unpaired) electrons. The van der Waals surface area contributed by atoms with Crippen molar-refractivity contribution in [3.63, 3.8) is 0 Å². The summed E-state index contributed by atoms with van der Waals surface area (Å²) in [5, 5.41) is 8.54. The lowest BCUT2D eigenvalue weighted by molar-refractivity contribution is 0.206. The molecule has 0 aliphatic heterocycles. The normalized spacial score (nSPS) is 11.5. The summed E-state index contributed by atoms with van der Waals surface area (Å²) in [5.74, 6) is 0. The second-order valence-corrected chi connectivity index (χ2v) is 5.60. The van der Waals surface area contributed by atoms with Crippen LogP contribution in [0.5, 0.6) is 0 Å². The standard InChI is InChI=1S/C11H19N3O4S/c1-14(6-8-18-2)10-3-4-11(12-9-10)19(16,17)13-5-7-15/h3-4,9,13,15H,5-8H2,1-2H3. The molecule has 0 aromatic carbocycles. The van der Waals surface area contributed by atoms with E-state index < -0.39 is 10.0 Å². The summed E-state index contributed by atoms with van der Waals surface area (Å²) < 4.78 is 30.7. The predicted octanol–water partition coefficient (Wildman–Crippen LogP) is -0.565. The molecule has 0 aliphatic rings. The number of aromatic nitrogens is 1. The van der Waals surface area contributed by atoms with Gasteiger partial charge in [0.15, 0.2) is 5.03 Å². The highest BCUT2D eigenvalue weighted by Gasteiger charge is 2.14. The van der Waals surface area contributed by atoms with Crippen LogP contribution in [0.1, 0.15) is 0 Å². The molecule has 1 aromatic heterocycles. The minimum atomic E-state index is -3.65. The lowest BCUT2D eigenvalue weighted by Gasteiger charge is -2.18. The van der Waals surface area contributed by atoms with E-state index in [9.17, 15) is 8.42 Å². The van der Waals surface area contributed by atoms with Crippen LogP contribution < -0.4 is 9.62 Å². The number of anilines is 1. The minimum Gasteiger partial charge on any atom is -0.395 e. The fourth-order valence-corrected chi connectivity index (χ4v) is 2.32. The number of nitrogens with one attached hydrogen (secondary N) is 1.